The fourth-order valence-electron chi connectivity index (χ4n) is 2.86. The van der Waals surface area contributed by atoms with Crippen molar-refractivity contribution in [2.75, 3.05) is 46.2 Å². The van der Waals surface area contributed by atoms with Gasteiger partial charge in [-0.25, -0.2) is 4.79 Å². The normalized spacial score (nSPS) is 16.1. The summed E-state index contributed by atoms with van der Waals surface area (Å²) in [6.45, 7) is 5.34. The lowest BCUT2D eigenvalue weighted by Gasteiger charge is -2.30. The van der Waals surface area contributed by atoms with E-state index in [0.29, 0.717) is 47.5 Å². The Kier molecular flexibility index (Phi) is 9.81. The minimum absolute atomic E-state index is 0.0201. The topological polar surface area (TPSA) is 119 Å². The second-order valence-electron chi connectivity index (χ2n) is 6.31. The van der Waals surface area contributed by atoms with Gasteiger partial charge in [0, 0.05) is 5.70 Å². The Balaban J connectivity index is 1.98. The molecule has 0 amide bonds. The molecule has 166 valence electrons. The summed E-state index contributed by atoms with van der Waals surface area (Å²) < 4.78 is 21.1. The van der Waals surface area contributed by atoms with Gasteiger partial charge in [0.15, 0.2) is 16.6 Å². The number of hydrogen-bond donors (Lipinski definition) is 4. The molecule has 0 saturated carbocycles. The summed E-state index contributed by atoms with van der Waals surface area (Å²) in [5, 5.41) is 25.3. The van der Waals surface area contributed by atoms with Crippen LogP contribution in [0.2, 0.25) is 0 Å². The predicted octanol–water partition coefficient (Wildman–Crippen LogP) is 1.15. The van der Waals surface area contributed by atoms with E-state index in [4.69, 9.17) is 36.3 Å². The van der Waals surface area contributed by atoms with E-state index in [2.05, 4.69) is 10.6 Å². The predicted molar refractivity (Wildman–Crippen MR) is 113 cm³/mol. The number of allylic oxidation sites excluding steroid dienone is 1. The fourth-order valence-corrected chi connectivity index (χ4v) is 3.13. The Hall–Kier alpha value is -2.40. The van der Waals surface area contributed by atoms with Crippen LogP contribution in [0.3, 0.4) is 0 Å². The Bertz CT molecular complexity index is 770. The van der Waals surface area contributed by atoms with E-state index in [-0.39, 0.29) is 32.2 Å². The van der Waals surface area contributed by atoms with Crippen LogP contribution in [0.4, 0.5) is 0 Å². The number of carbonyl (C=O) groups is 1. The van der Waals surface area contributed by atoms with Gasteiger partial charge in [-0.05, 0) is 43.8 Å². The maximum Gasteiger partial charge on any atom is 0.338 e. The van der Waals surface area contributed by atoms with Gasteiger partial charge in [0.25, 0.3) is 0 Å². The van der Waals surface area contributed by atoms with Crippen LogP contribution in [0.15, 0.2) is 29.5 Å². The van der Waals surface area contributed by atoms with Crippen molar-refractivity contribution >= 4 is 23.3 Å². The maximum absolute atomic E-state index is 12.4. The van der Waals surface area contributed by atoms with E-state index in [1.807, 2.05) is 0 Å². The molecule has 0 fully saturated rings. The molecule has 1 atom stereocenters. The van der Waals surface area contributed by atoms with Crippen molar-refractivity contribution < 1.29 is 34.0 Å². The summed E-state index contributed by atoms with van der Waals surface area (Å²) in [6, 6.07) is 4.34. The van der Waals surface area contributed by atoms with Crippen molar-refractivity contribution in [3.63, 3.8) is 0 Å². The van der Waals surface area contributed by atoms with Gasteiger partial charge in [0.1, 0.15) is 6.61 Å². The molecule has 1 heterocycles. The first-order chi connectivity index (χ1) is 14.5. The zero-order valence-corrected chi connectivity index (χ0v) is 17.9. The van der Waals surface area contributed by atoms with Crippen LogP contribution in [0, 0.1) is 0 Å². The number of ether oxygens (including phenoxy) is 4. The molecule has 1 aliphatic heterocycles. The van der Waals surface area contributed by atoms with Gasteiger partial charge in [-0.3, -0.25) is 0 Å². The molecule has 0 spiro atoms. The van der Waals surface area contributed by atoms with Crippen LogP contribution < -0.4 is 15.4 Å². The lowest BCUT2D eigenvalue weighted by Crippen LogP contribution is -2.45. The summed E-state index contributed by atoms with van der Waals surface area (Å²) in [6.07, 6.45) is 0. The largest absolute Gasteiger partial charge is 0.504 e. The minimum atomic E-state index is -0.556. The van der Waals surface area contributed by atoms with Crippen molar-refractivity contribution in [2.24, 2.45) is 0 Å². The second kappa shape index (κ2) is 12.3. The number of benzene rings is 1. The SMILES string of the molecule is CCOC(=O)C1=C(C)NC(=S)NC1c1ccc(OCCOCCOCCO)c(O)c1. The molecular weight excluding hydrogens is 412 g/mol. The number of aliphatic hydroxyl groups is 1. The monoisotopic (exact) mass is 440 g/mol. The summed E-state index contributed by atoms with van der Waals surface area (Å²) in [5.74, 6) is -0.220. The maximum atomic E-state index is 12.4. The van der Waals surface area contributed by atoms with E-state index in [9.17, 15) is 9.90 Å². The quantitative estimate of drug-likeness (QED) is 0.214. The first-order valence-corrected chi connectivity index (χ1v) is 10.1. The number of hydrogen-bond acceptors (Lipinski definition) is 8. The average molecular weight is 441 g/mol. The zero-order chi connectivity index (χ0) is 21.9. The first-order valence-electron chi connectivity index (χ1n) is 9.65. The molecule has 0 bridgehead atoms. The van der Waals surface area contributed by atoms with Crippen molar-refractivity contribution in [3.8, 4) is 11.5 Å². The molecular formula is C20H28N2O7S. The third-order valence-electron chi connectivity index (χ3n) is 4.17. The summed E-state index contributed by atoms with van der Waals surface area (Å²) in [7, 11) is 0. The van der Waals surface area contributed by atoms with Crippen LogP contribution in [0.5, 0.6) is 11.5 Å². The number of esters is 1. The van der Waals surface area contributed by atoms with Gasteiger partial charge in [-0.1, -0.05) is 6.07 Å². The van der Waals surface area contributed by atoms with E-state index in [1.54, 1.807) is 26.0 Å². The molecule has 1 aromatic carbocycles. The van der Waals surface area contributed by atoms with Crippen molar-refractivity contribution in [2.45, 2.75) is 19.9 Å². The minimum Gasteiger partial charge on any atom is -0.504 e. The molecule has 10 heteroatoms. The van der Waals surface area contributed by atoms with Crippen LogP contribution >= 0.6 is 12.2 Å². The third kappa shape index (κ3) is 6.84. The van der Waals surface area contributed by atoms with E-state index < -0.39 is 12.0 Å². The molecule has 1 aromatic rings. The Labute approximate surface area is 181 Å². The summed E-state index contributed by atoms with van der Waals surface area (Å²) in [5.41, 5.74) is 1.64. The van der Waals surface area contributed by atoms with Crippen LogP contribution in [0.25, 0.3) is 0 Å². The Morgan fingerprint density at radius 3 is 2.53 bits per heavy atom. The highest BCUT2D eigenvalue weighted by molar-refractivity contribution is 7.80. The number of rotatable bonds is 12. The van der Waals surface area contributed by atoms with Gasteiger partial charge in [0.2, 0.25) is 0 Å². The molecule has 2 rings (SSSR count). The van der Waals surface area contributed by atoms with Crippen LogP contribution in [-0.2, 0) is 19.0 Å². The molecule has 0 saturated heterocycles. The zero-order valence-electron chi connectivity index (χ0n) is 17.1. The van der Waals surface area contributed by atoms with E-state index in [1.165, 1.54) is 6.07 Å². The van der Waals surface area contributed by atoms with E-state index >= 15 is 0 Å². The highest BCUT2D eigenvalue weighted by atomic mass is 32.1. The van der Waals surface area contributed by atoms with Crippen molar-refractivity contribution in [1.29, 1.82) is 0 Å². The van der Waals surface area contributed by atoms with E-state index in [0.717, 1.165) is 0 Å². The number of aromatic hydroxyl groups is 1. The highest BCUT2D eigenvalue weighted by Crippen LogP contribution is 2.33. The molecule has 9 nitrogen and oxygen atoms in total. The number of aliphatic hydroxyl groups excluding tert-OH is 1. The van der Waals surface area contributed by atoms with Crippen LogP contribution in [0.1, 0.15) is 25.5 Å². The molecule has 0 aromatic heterocycles. The number of phenolic OH excluding ortho intramolecular Hbond substituents is 1. The third-order valence-corrected chi connectivity index (χ3v) is 4.39. The smallest absolute Gasteiger partial charge is 0.338 e. The first kappa shape index (κ1) is 23.9. The number of nitrogens with one attached hydrogen (secondary N) is 2. The number of thiocarbonyl (C=S) groups is 1. The standard InChI is InChI=1S/C20H28N2O7S/c1-3-28-19(25)17-13(2)21-20(30)22-18(17)14-4-5-16(15(24)12-14)29-11-10-27-9-8-26-7-6-23/h4-5,12,18,23-24H,3,6-11H2,1-2H3,(H2,21,22,30). The average Bonchev–Trinajstić information content (AvgIpc) is 2.70. The highest BCUT2D eigenvalue weighted by Gasteiger charge is 2.31. The lowest BCUT2D eigenvalue weighted by atomic mass is 9.95. The molecule has 1 aliphatic rings. The summed E-state index contributed by atoms with van der Waals surface area (Å²) in [4.78, 5) is 12.4. The van der Waals surface area contributed by atoms with Crippen molar-refractivity contribution in [3.05, 3.63) is 35.0 Å². The molecule has 1 unspecified atom stereocenters. The second-order valence-corrected chi connectivity index (χ2v) is 6.72. The molecule has 0 radical (unpaired) electrons. The molecule has 4 N–H and O–H groups in total. The lowest BCUT2D eigenvalue weighted by molar-refractivity contribution is -0.139. The number of carbonyl (C=O) groups excluding carboxylic acids is 1. The Morgan fingerprint density at radius 2 is 1.87 bits per heavy atom. The molecule has 0 aliphatic carbocycles. The van der Waals surface area contributed by atoms with Gasteiger partial charge in [-0.2, -0.15) is 0 Å². The van der Waals surface area contributed by atoms with Crippen LogP contribution in [-0.4, -0.2) is 67.5 Å². The summed E-state index contributed by atoms with van der Waals surface area (Å²) >= 11 is 5.21. The van der Waals surface area contributed by atoms with Gasteiger partial charge in [0.05, 0.1) is 51.3 Å². The van der Waals surface area contributed by atoms with Gasteiger partial charge in [-0.15, -0.1) is 0 Å². The van der Waals surface area contributed by atoms with Crippen molar-refractivity contribution in [1.82, 2.24) is 10.6 Å². The molecule has 30 heavy (non-hydrogen) atoms. The fraction of sp³-hybridized carbons (Fsp3) is 0.500. The number of phenols is 1. The van der Waals surface area contributed by atoms with Gasteiger partial charge < -0.3 is 39.8 Å². The Morgan fingerprint density at radius 1 is 1.17 bits per heavy atom. The van der Waals surface area contributed by atoms with Gasteiger partial charge >= 0.3 is 5.97 Å².